The van der Waals surface area contributed by atoms with Crippen molar-refractivity contribution >= 4 is 37.9 Å². The van der Waals surface area contributed by atoms with E-state index in [1.807, 2.05) is 30.3 Å². The second kappa shape index (κ2) is 18.2. The maximum atomic E-state index is 14.2. The van der Waals surface area contributed by atoms with E-state index in [-0.39, 0.29) is 0 Å². The van der Waals surface area contributed by atoms with E-state index in [0.717, 1.165) is 5.56 Å². The zero-order chi connectivity index (χ0) is 52.2. The van der Waals surface area contributed by atoms with Crippen LogP contribution in [0.4, 0.5) is 105 Å². The Hall–Kier alpha value is -5.37. The molecule has 0 atom stereocenters. The highest BCUT2D eigenvalue weighted by Crippen LogP contribution is 2.41. The standard InChI is InChI=1S/C32H12BF24.C9H13OS/c34-25(35,36)13-1-14(26(37,38)39)6-21(5-13)33(22-7-15(27(40,41)42)2-16(8-22)28(43,44)45,23-9-17(29(46,47)48)3-18(10-23)30(49,50)51)24-11-19(31(52,53)54)4-20(12-24)32(55,56)57;1-11(2,10)8-9-6-4-3-5-7-9/h1-12H;3-7H,8H2,1-2H3/q-1;+1. The lowest BCUT2D eigenvalue weighted by atomic mass is 9.12. The molecular formula is C41H25BF24OS. The fourth-order valence-corrected chi connectivity index (χ4v) is 8.04. The highest BCUT2D eigenvalue weighted by Gasteiger charge is 2.47. The van der Waals surface area contributed by atoms with Crippen molar-refractivity contribution < 1.29 is 110 Å². The van der Waals surface area contributed by atoms with Crippen LogP contribution in [0.5, 0.6) is 0 Å². The van der Waals surface area contributed by atoms with Gasteiger partial charge >= 0.3 is 49.4 Å². The summed E-state index contributed by atoms with van der Waals surface area (Å²) in [6.07, 6.45) is -51.2. The van der Waals surface area contributed by atoms with E-state index in [9.17, 15) is 110 Å². The number of hydrogen-bond acceptors (Lipinski definition) is 1. The molecular weight excluding hydrogens is 1010 g/mol. The summed E-state index contributed by atoms with van der Waals surface area (Å²) < 4.78 is 352. The quantitative estimate of drug-likeness (QED) is 0.0941. The SMILES string of the molecule is C[S+](C)(=O)Cc1ccccc1.FC(F)(F)c1cc([B-](c2cc(C(F)(F)F)cc(C(F)(F)F)c2)(c2cc(C(F)(F)F)cc(C(F)(F)F)c2)c2cc(C(F)(F)F)cc(C(F)(F)F)c2)cc(C(F)(F)F)c1. The first-order valence-electron chi connectivity index (χ1n) is 18.2. The zero-order valence-corrected chi connectivity index (χ0v) is 34.3. The van der Waals surface area contributed by atoms with E-state index in [0.29, 0.717) is 5.75 Å². The first kappa shape index (κ1) is 55.2. The van der Waals surface area contributed by atoms with E-state index in [2.05, 4.69) is 0 Å². The number of rotatable bonds is 6. The minimum Gasteiger partial charge on any atom is -0.194 e. The lowest BCUT2D eigenvalue weighted by Crippen LogP contribution is -2.75. The van der Waals surface area contributed by atoms with Gasteiger partial charge in [0.15, 0.2) is 0 Å². The molecule has 0 aliphatic heterocycles. The monoisotopic (exact) mass is 1030 g/mol. The van der Waals surface area contributed by atoms with Gasteiger partial charge in [0.05, 0.1) is 54.4 Å². The van der Waals surface area contributed by atoms with Gasteiger partial charge in [0.1, 0.15) is 24.4 Å². The first-order valence-corrected chi connectivity index (χ1v) is 20.7. The average Bonchev–Trinajstić information content (AvgIpc) is 3.15. The van der Waals surface area contributed by atoms with Crippen molar-refractivity contribution in [1.82, 2.24) is 0 Å². The molecule has 68 heavy (non-hydrogen) atoms. The number of hydrogen-bond donors (Lipinski definition) is 0. The van der Waals surface area contributed by atoms with E-state index < -0.39 is 205 Å². The summed E-state index contributed by atoms with van der Waals surface area (Å²) >= 11 is 0. The largest absolute Gasteiger partial charge is 0.416 e. The molecule has 5 aromatic carbocycles. The molecule has 5 aromatic rings. The van der Waals surface area contributed by atoms with E-state index >= 15 is 0 Å². The molecule has 0 N–H and O–H groups in total. The summed E-state index contributed by atoms with van der Waals surface area (Å²) in [5.41, 5.74) is -29.0. The molecule has 0 spiro atoms. The Balaban J connectivity index is 0.000000802. The third-order valence-electron chi connectivity index (χ3n) is 9.80. The van der Waals surface area contributed by atoms with E-state index in [4.69, 9.17) is 0 Å². The molecule has 0 aromatic heterocycles. The van der Waals surface area contributed by atoms with Crippen molar-refractivity contribution in [3.63, 3.8) is 0 Å². The molecule has 0 fully saturated rings. The summed E-state index contributed by atoms with van der Waals surface area (Å²) in [5, 5.41) is 0. The zero-order valence-electron chi connectivity index (χ0n) is 33.5. The van der Waals surface area contributed by atoms with Gasteiger partial charge in [-0.25, -0.2) is 0 Å². The van der Waals surface area contributed by atoms with Crippen molar-refractivity contribution in [3.8, 4) is 0 Å². The van der Waals surface area contributed by atoms with E-state index in [1.54, 1.807) is 12.5 Å². The number of halogens is 24. The molecule has 0 amide bonds. The van der Waals surface area contributed by atoms with Crippen LogP contribution in [0.25, 0.3) is 0 Å². The third kappa shape index (κ3) is 13.2. The van der Waals surface area contributed by atoms with Gasteiger partial charge in [-0.1, -0.05) is 78.9 Å². The highest BCUT2D eigenvalue weighted by atomic mass is 32.2. The van der Waals surface area contributed by atoms with Gasteiger partial charge in [0.25, 0.3) is 0 Å². The van der Waals surface area contributed by atoms with Crippen LogP contribution in [0.1, 0.15) is 50.1 Å². The van der Waals surface area contributed by atoms with E-state index in [1.165, 1.54) is 0 Å². The fraction of sp³-hybridized carbons (Fsp3) is 0.268. The highest BCUT2D eigenvalue weighted by molar-refractivity contribution is 8.00. The minimum atomic E-state index is -6.13. The van der Waals surface area contributed by atoms with Gasteiger partial charge in [-0.3, -0.25) is 0 Å². The Morgan fingerprint density at radius 2 is 0.500 bits per heavy atom. The first-order chi connectivity index (χ1) is 30.3. The average molecular weight is 1030 g/mol. The molecule has 0 unspecified atom stereocenters. The van der Waals surface area contributed by atoms with Crippen LogP contribution in [0, 0.1) is 0 Å². The lowest BCUT2D eigenvalue weighted by molar-refractivity contribution is -0.144. The van der Waals surface area contributed by atoms with Crippen LogP contribution in [-0.2, 0) is 69.3 Å². The molecule has 1 nitrogen and oxygen atoms in total. The van der Waals surface area contributed by atoms with Crippen molar-refractivity contribution in [2.45, 2.75) is 55.2 Å². The predicted molar refractivity (Wildman–Crippen MR) is 200 cm³/mol. The fourth-order valence-electron chi connectivity index (χ4n) is 7.05. The van der Waals surface area contributed by atoms with Crippen LogP contribution in [0.15, 0.2) is 103 Å². The number of alkyl halides is 24. The number of benzene rings is 5. The maximum Gasteiger partial charge on any atom is 0.416 e. The Bertz CT molecular complexity index is 2200. The molecule has 0 aliphatic rings. The Labute approximate surface area is 368 Å². The smallest absolute Gasteiger partial charge is 0.194 e. The molecule has 0 heterocycles. The Morgan fingerprint density at radius 1 is 0.324 bits per heavy atom. The van der Waals surface area contributed by atoms with Gasteiger partial charge in [-0.15, -0.1) is 4.21 Å². The summed E-state index contributed by atoms with van der Waals surface area (Å²) in [7, 11) is -1.63. The molecule has 372 valence electrons. The van der Waals surface area contributed by atoms with Gasteiger partial charge in [-0.05, 0) is 24.3 Å². The van der Waals surface area contributed by atoms with Gasteiger partial charge in [-0.2, -0.15) is 127 Å². The Kier molecular flexibility index (Phi) is 14.8. The van der Waals surface area contributed by atoms with Crippen molar-refractivity contribution in [1.29, 1.82) is 0 Å². The van der Waals surface area contributed by atoms with Crippen molar-refractivity contribution in [2.75, 3.05) is 12.5 Å². The normalized spacial score (nSPS) is 13.9. The van der Waals surface area contributed by atoms with Crippen LogP contribution >= 0.6 is 0 Å². The molecule has 0 bridgehead atoms. The molecule has 5 rings (SSSR count). The van der Waals surface area contributed by atoms with Crippen LogP contribution in [0.3, 0.4) is 0 Å². The second-order valence-electron chi connectivity index (χ2n) is 15.3. The minimum absolute atomic E-state index is 0.688. The van der Waals surface area contributed by atoms with Gasteiger partial charge < -0.3 is 0 Å². The Morgan fingerprint density at radius 3 is 0.647 bits per heavy atom. The van der Waals surface area contributed by atoms with Crippen LogP contribution < -0.4 is 21.9 Å². The van der Waals surface area contributed by atoms with Crippen LogP contribution in [-0.4, -0.2) is 18.7 Å². The molecule has 0 saturated carbocycles. The molecule has 27 heteroatoms. The topological polar surface area (TPSA) is 17.1 Å². The second-order valence-corrected chi connectivity index (χ2v) is 18.5. The van der Waals surface area contributed by atoms with Crippen molar-refractivity contribution in [3.05, 3.63) is 153 Å². The maximum absolute atomic E-state index is 14.2. The predicted octanol–water partition coefficient (Wildman–Crippen LogP) is 13.2. The molecule has 0 radical (unpaired) electrons. The van der Waals surface area contributed by atoms with Crippen molar-refractivity contribution in [2.24, 2.45) is 0 Å². The van der Waals surface area contributed by atoms with Crippen LogP contribution in [0.2, 0.25) is 0 Å². The molecule has 0 aliphatic carbocycles. The van der Waals surface area contributed by atoms with Gasteiger partial charge in [0.2, 0.25) is 0 Å². The molecule has 0 saturated heterocycles. The summed E-state index contributed by atoms with van der Waals surface area (Å²) in [4.78, 5) is 0. The van der Waals surface area contributed by atoms with Gasteiger partial charge in [0, 0.05) is 5.56 Å². The summed E-state index contributed by atoms with van der Waals surface area (Å²) in [6, 6.07) is 1.12. The summed E-state index contributed by atoms with van der Waals surface area (Å²) in [5.74, 6) is 0.688. The summed E-state index contributed by atoms with van der Waals surface area (Å²) in [6.45, 7) is 0. The third-order valence-corrected chi connectivity index (χ3v) is 10.8. The lowest BCUT2D eigenvalue weighted by Gasteiger charge is -2.46.